The second-order valence-corrected chi connectivity index (χ2v) is 10.7. The van der Waals surface area contributed by atoms with Crippen LogP contribution in [0, 0.1) is 11.3 Å². The molecule has 3 aromatic rings. The third-order valence-electron chi connectivity index (χ3n) is 7.90. The van der Waals surface area contributed by atoms with Gasteiger partial charge in [-0.15, -0.1) is 0 Å². The van der Waals surface area contributed by atoms with E-state index in [1.807, 2.05) is 17.9 Å². The summed E-state index contributed by atoms with van der Waals surface area (Å²) in [6, 6.07) is 12.4. The maximum atomic E-state index is 13.0. The molecule has 3 saturated heterocycles. The number of hydrogen-bond acceptors (Lipinski definition) is 5. The van der Waals surface area contributed by atoms with Crippen molar-refractivity contribution in [2.24, 2.45) is 18.4 Å². The highest BCUT2D eigenvalue weighted by molar-refractivity contribution is 5.84. The first kappa shape index (κ1) is 21.5. The van der Waals surface area contributed by atoms with E-state index in [0.717, 1.165) is 65.8 Å². The van der Waals surface area contributed by atoms with Crippen molar-refractivity contribution in [3.8, 4) is 16.9 Å². The molecule has 0 saturated carbocycles. The van der Waals surface area contributed by atoms with Crippen LogP contribution in [0.4, 0.5) is 4.79 Å². The van der Waals surface area contributed by atoms with Gasteiger partial charge >= 0.3 is 6.09 Å². The average Bonchev–Trinajstić information content (AvgIpc) is 3.21. The smallest absolute Gasteiger partial charge is 0.407 e. The van der Waals surface area contributed by atoms with Gasteiger partial charge < -0.3 is 14.8 Å². The van der Waals surface area contributed by atoms with Crippen LogP contribution in [0.1, 0.15) is 38.3 Å². The Morgan fingerprint density at radius 1 is 1.15 bits per heavy atom. The Bertz CT molecular complexity index is 1240. The summed E-state index contributed by atoms with van der Waals surface area (Å²) in [6.07, 6.45) is 3.79. The van der Waals surface area contributed by atoms with Gasteiger partial charge in [0.05, 0.1) is 24.4 Å². The molecule has 1 amide bonds. The quantitative estimate of drug-likeness (QED) is 0.622. The predicted octanol–water partition coefficient (Wildman–Crippen LogP) is 4.52. The molecule has 4 aliphatic rings. The van der Waals surface area contributed by atoms with E-state index in [0.29, 0.717) is 12.5 Å². The molecule has 0 aliphatic carbocycles. The molecule has 7 rings (SSSR count). The number of aromatic nitrogens is 2. The zero-order chi connectivity index (χ0) is 23.4. The van der Waals surface area contributed by atoms with Gasteiger partial charge in [-0.2, -0.15) is 5.10 Å². The minimum Gasteiger partial charge on any atom is -0.493 e. The summed E-state index contributed by atoms with van der Waals surface area (Å²) >= 11 is 0. The van der Waals surface area contributed by atoms with E-state index in [9.17, 15) is 4.79 Å². The Hall–Kier alpha value is -3.06. The van der Waals surface area contributed by atoms with Crippen LogP contribution in [0.3, 0.4) is 0 Å². The maximum absolute atomic E-state index is 13.0. The third kappa shape index (κ3) is 3.72. The van der Waals surface area contributed by atoms with Gasteiger partial charge in [-0.1, -0.05) is 38.1 Å². The Balaban J connectivity index is 1.24. The van der Waals surface area contributed by atoms with Gasteiger partial charge in [0.25, 0.3) is 0 Å². The number of aryl methyl sites for hydroxylation is 1. The number of piperidine rings is 3. The number of nitrogens with one attached hydrogen (secondary N) is 1. The summed E-state index contributed by atoms with van der Waals surface area (Å²) in [5.74, 6) is 1.31. The lowest BCUT2D eigenvalue weighted by atomic mass is 9.78. The van der Waals surface area contributed by atoms with E-state index in [2.05, 4.69) is 65.6 Å². The number of nitrogens with zero attached hydrogens (tertiary/aromatic N) is 3. The number of carbonyl (C=O) groups is 1. The highest BCUT2D eigenvalue weighted by atomic mass is 16.6. The van der Waals surface area contributed by atoms with Crippen molar-refractivity contribution < 1.29 is 14.3 Å². The topological polar surface area (TPSA) is 68.6 Å². The molecule has 7 nitrogen and oxygen atoms in total. The van der Waals surface area contributed by atoms with Crippen LogP contribution < -0.4 is 10.1 Å². The monoisotopic (exact) mass is 460 g/mol. The molecule has 7 heteroatoms. The van der Waals surface area contributed by atoms with Crippen LogP contribution in [0.2, 0.25) is 0 Å². The third-order valence-corrected chi connectivity index (χ3v) is 7.90. The molecule has 0 radical (unpaired) electrons. The zero-order valence-corrected chi connectivity index (χ0v) is 20.1. The fraction of sp³-hybridized carbons (Fsp3) is 0.481. The summed E-state index contributed by atoms with van der Waals surface area (Å²) in [5.41, 5.74) is 4.02. The van der Waals surface area contributed by atoms with Crippen molar-refractivity contribution in [1.82, 2.24) is 20.0 Å². The molecule has 34 heavy (non-hydrogen) atoms. The second-order valence-electron chi connectivity index (χ2n) is 10.7. The van der Waals surface area contributed by atoms with E-state index in [4.69, 9.17) is 9.47 Å². The summed E-state index contributed by atoms with van der Waals surface area (Å²) in [4.78, 5) is 15.4. The number of ether oxygens (including phenoxy) is 2. The fourth-order valence-electron chi connectivity index (χ4n) is 5.78. The van der Waals surface area contributed by atoms with E-state index >= 15 is 0 Å². The molecule has 3 fully saturated rings. The number of hydrogen-bond donors (Lipinski definition) is 1. The lowest BCUT2D eigenvalue weighted by Gasteiger charge is -2.44. The van der Waals surface area contributed by atoms with Gasteiger partial charge in [0.15, 0.2) is 0 Å². The van der Waals surface area contributed by atoms with Gasteiger partial charge in [-0.05, 0) is 55.1 Å². The number of alkyl carbamates (subject to hydrolysis) is 1. The minimum atomic E-state index is -0.324. The van der Waals surface area contributed by atoms with E-state index in [-0.39, 0.29) is 23.7 Å². The summed E-state index contributed by atoms with van der Waals surface area (Å²) in [5, 5.41) is 8.65. The molecular weight excluding hydrogens is 428 g/mol. The first-order chi connectivity index (χ1) is 16.4. The van der Waals surface area contributed by atoms with Crippen LogP contribution in [0.5, 0.6) is 5.75 Å². The van der Waals surface area contributed by atoms with Crippen molar-refractivity contribution in [2.45, 2.75) is 38.8 Å². The van der Waals surface area contributed by atoms with Crippen LogP contribution in [-0.4, -0.2) is 53.1 Å². The molecule has 4 aliphatic heterocycles. The molecule has 2 bridgehead atoms. The Morgan fingerprint density at radius 2 is 1.91 bits per heavy atom. The molecule has 178 valence electrons. The SMILES string of the molecule is Cn1ncc2ccc(-c3ccc4c(c3)OCC(C)(C)C4NC(=O)O[C@@H]3CN4CCC3CC4)cc21. The number of carbonyl (C=O) groups excluding carboxylic acids is 1. The van der Waals surface area contributed by atoms with Crippen molar-refractivity contribution in [2.75, 3.05) is 26.2 Å². The van der Waals surface area contributed by atoms with E-state index < -0.39 is 0 Å². The number of rotatable bonds is 3. The summed E-state index contributed by atoms with van der Waals surface area (Å²) < 4.78 is 14.0. The highest BCUT2D eigenvalue weighted by Crippen LogP contribution is 2.44. The van der Waals surface area contributed by atoms with Gasteiger partial charge in [0, 0.05) is 30.0 Å². The van der Waals surface area contributed by atoms with Gasteiger partial charge in [-0.3, -0.25) is 9.58 Å². The second kappa shape index (κ2) is 8.01. The average molecular weight is 461 g/mol. The van der Waals surface area contributed by atoms with Gasteiger partial charge in [-0.25, -0.2) is 4.79 Å². The Labute approximate surface area is 200 Å². The normalized spacial score (nSPS) is 27.1. The first-order valence-corrected chi connectivity index (χ1v) is 12.3. The van der Waals surface area contributed by atoms with E-state index in [1.165, 1.54) is 0 Å². The molecule has 2 atom stereocenters. The maximum Gasteiger partial charge on any atom is 0.407 e. The lowest BCUT2D eigenvalue weighted by Crippen LogP contribution is -2.53. The molecule has 2 aromatic carbocycles. The predicted molar refractivity (Wildman–Crippen MR) is 131 cm³/mol. The van der Waals surface area contributed by atoms with Gasteiger partial charge in [0.2, 0.25) is 0 Å². The lowest BCUT2D eigenvalue weighted by molar-refractivity contribution is -0.0361. The van der Waals surface area contributed by atoms with E-state index in [1.54, 1.807) is 0 Å². The van der Waals surface area contributed by atoms with Crippen LogP contribution in [0.15, 0.2) is 42.6 Å². The summed E-state index contributed by atoms with van der Waals surface area (Å²) in [6.45, 7) is 7.88. The minimum absolute atomic E-state index is 0.00535. The molecule has 1 N–H and O–H groups in total. The van der Waals surface area contributed by atoms with Gasteiger partial charge in [0.1, 0.15) is 11.9 Å². The molecule has 5 heterocycles. The zero-order valence-electron chi connectivity index (χ0n) is 20.1. The van der Waals surface area contributed by atoms with Crippen molar-refractivity contribution >= 4 is 17.0 Å². The van der Waals surface area contributed by atoms with Crippen LogP contribution in [0.25, 0.3) is 22.0 Å². The molecule has 1 unspecified atom stereocenters. The standard InChI is InChI=1S/C27H32N4O3/c1-27(2)16-33-23-13-19(18-4-5-20-14-28-30(3)22(20)12-18)6-7-21(23)25(27)29-26(32)34-24-15-31-10-8-17(24)9-11-31/h4-7,12-14,17,24-25H,8-11,15-16H2,1-3H3,(H,29,32)/t24-,25?/m1/s1. The first-order valence-electron chi connectivity index (χ1n) is 12.3. The summed E-state index contributed by atoms with van der Waals surface area (Å²) in [7, 11) is 1.95. The largest absolute Gasteiger partial charge is 0.493 e. The van der Waals surface area contributed by atoms with Crippen molar-refractivity contribution in [3.63, 3.8) is 0 Å². The number of benzene rings is 2. The number of fused-ring (bicyclic) bond motifs is 5. The Morgan fingerprint density at radius 3 is 2.68 bits per heavy atom. The fourth-order valence-corrected chi connectivity index (χ4v) is 5.78. The molecular formula is C27H32N4O3. The van der Waals surface area contributed by atoms with Crippen LogP contribution in [-0.2, 0) is 11.8 Å². The highest BCUT2D eigenvalue weighted by Gasteiger charge is 2.41. The van der Waals surface area contributed by atoms with Crippen molar-refractivity contribution in [3.05, 3.63) is 48.2 Å². The molecule has 0 spiro atoms. The van der Waals surface area contributed by atoms with Crippen LogP contribution >= 0.6 is 0 Å². The van der Waals surface area contributed by atoms with Crippen molar-refractivity contribution in [1.29, 1.82) is 0 Å². The molecule has 1 aromatic heterocycles. The number of amides is 1. The Kier molecular flexibility index (Phi) is 5.06.